The van der Waals surface area contributed by atoms with E-state index >= 15 is 0 Å². The van der Waals surface area contributed by atoms with Crippen LogP contribution >= 0.6 is 0 Å². The molecule has 0 bridgehead atoms. The monoisotopic (exact) mass is 390 g/mol. The minimum Gasteiger partial charge on any atom is -0.493 e. The highest BCUT2D eigenvalue weighted by Gasteiger charge is 2.28. The summed E-state index contributed by atoms with van der Waals surface area (Å²) in [5.74, 6) is 2.32. The summed E-state index contributed by atoms with van der Waals surface area (Å²) in [6.07, 6.45) is 4.62. The Morgan fingerprint density at radius 3 is 2.48 bits per heavy atom. The van der Waals surface area contributed by atoms with Crippen LogP contribution in [-0.4, -0.2) is 25.6 Å². The number of rotatable bonds is 9. The summed E-state index contributed by atoms with van der Waals surface area (Å²) in [4.78, 5) is 14.1. The SMILES string of the molecule is C=CCC(=O)N[C@@H](C)c1ccc(C2CN(c3ccc(OCC4CC4)cc3)C2)cc1. The van der Waals surface area contributed by atoms with E-state index in [9.17, 15) is 4.79 Å². The van der Waals surface area contributed by atoms with Crippen LogP contribution < -0.4 is 15.0 Å². The molecule has 1 aliphatic heterocycles. The molecule has 2 fully saturated rings. The molecule has 0 aromatic heterocycles. The Morgan fingerprint density at radius 2 is 1.86 bits per heavy atom. The van der Waals surface area contributed by atoms with Crippen molar-refractivity contribution in [1.82, 2.24) is 5.32 Å². The second kappa shape index (κ2) is 8.73. The van der Waals surface area contributed by atoms with E-state index in [1.54, 1.807) is 6.08 Å². The maximum absolute atomic E-state index is 11.7. The Morgan fingerprint density at radius 1 is 1.17 bits per heavy atom. The van der Waals surface area contributed by atoms with Crippen molar-refractivity contribution in [3.05, 3.63) is 72.3 Å². The molecule has 2 aromatic carbocycles. The molecule has 1 heterocycles. The standard InChI is InChI=1S/C25H30N2O2/c1-3-4-25(28)26-18(2)20-7-9-21(10-8-20)22-15-27(16-22)23-11-13-24(14-12-23)29-17-19-5-6-19/h3,7-14,18-19,22H,1,4-6,15-17H2,2H3,(H,26,28)/t18-/m0/s1. The molecule has 1 amide bonds. The summed E-state index contributed by atoms with van der Waals surface area (Å²) in [7, 11) is 0. The predicted octanol–water partition coefficient (Wildman–Crippen LogP) is 4.83. The minimum atomic E-state index is 0.00929. The Labute approximate surface area is 173 Å². The van der Waals surface area contributed by atoms with E-state index in [2.05, 4.69) is 65.3 Å². The van der Waals surface area contributed by atoms with Crippen molar-refractivity contribution >= 4 is 11.6 Å². The summed E-state index contributed by atoms with van der Waals surface area (Å²) in [5, 5.41) is 3.00. The van der Waals surface area contributed by atoms with Gasteiger partial charge in [-0.15, -0.1) is 6.58 Å². The second-order valence-electron chi connectivity index (χ2n) is 8.30. The number of hydrogen-bond acceptors (Lipinski definition) is 3. The van der Waals surface area contributed by atoms with Crippen LogP contribution in [0.5, 0.6) is 5.75 Å². The Kier molecular flexibility index (Phi) is 5.89. The van der Waals surface area contributed by atoms with Gasteiger partial charge in [-0.3, -0.25) is 4.79 Å². The molecule has 4 rings (SSSR count). The van der Waals surface area contributed by atoms with E-state index in [0.29, 0.717) is 12.3 Å². The minimum absolute atomic E-state index is 0.00929. The van der Waals surface area contributed by atoms with Crippen molar-refractivity contribution < 1.29 is 9.53 Å². The van der Waals surface area contributed by atoms with Crippen LogP contribution in [-0.2, 0) is 4.79 Å². The highest BCUT2D eigenvalue weighted by Crippen LogP contribution is 2.34. The first-order chi connectivity index (χ1) is 14.1. The molecule has 4 nitrogen and oxygen atoms in total. The number of ether oxygens (including phenoxy) is 1. The second-order valence-corrected chi connectivity index (χ2v) is 8.30. The topological polar surface area (TPSA) is 41.6 Å². The lowest BCUT2D eigenvalue weighted by Crippen LogP contribution is -2.45. The fourth-order valence-electron chi connectivity index (χ4n) is 3.72. The molecule has 1 N–H and O–H groups in total. The van der Waals surface area contributed by atoms with Gasteiger partial charge in [-0.1, -0.05) is 30.3 Å². The van der Waals surface area contributed by atoms with Crippen LogP contribution in [0.2, 0.25) is 0 Å². The highest BCUT2D eigenvalue weighted by atomic mass is 16.5. The van der Waals surface area contributed by atoms with Crippen LogP contribution in [0.25, 0.3) is 0 Å². The maximum Gasteiger partial charge on any atom is 0.224 e. The van der Waals surface area contributed by atoms with E-state index in [4.69, 9.17) is 4.74 Å². The first-order valence-corrected chi connectivity index (χ1v) is 10.6. The number of anilines is 1. The maximum atomic E-state index is 11.7. The number of nitrogens with one attached hydrogen (secondary N) is 1. The molecule has 152 valence electrons. The largest absolute Gasteiger partial charge is 0.493 e. The summed E-state index contributed by atoms with van der Waals surface area (Å²) in [6.45, 7) is 8.55. The smallest absolute Gasteiger partial charge is 0.224 e. The highest BCUT2D eigenvalue weighted by molar-refractivity contribution is 5.77. The van der Waals surface area contributed by atoms with Gasteiger partial charge in [-0.2, -0.15) is 0 Å². The number of amides is 1. The predicted molar refractivity (Wildman–Crippen MR) is 117 cm³/mol. The quantitative estimate of drug-likeness (QED) is 0.624. The molecular weight excluding hydrogens is 360 g/mol. The molecule has 1 saturated heterocycles. The third kappa shape index (κ3) is 5.00. The van der Waals surface area contributed by atoms with Crippen LogP contribution in [0.4, 0.5) is 5.69 Å². The molecule has 0 spiro atoms. The molecule has 2 aromatic rings. The van der Waals surface area contributed by atoms with Gasteiger partial charge in [-0.05, 0) is 61.1 Å². The average molecular weight is 391 g/mol. The van der Waals surface area contributed by atoms with Gasteiger partial charge in [0.05, 0.1) is 12.6 Å². The molecule has 1 saturated carbocycles. The molecule has 29 heavy (non-hydrogen) atoms. The zero-order chi connectivity index (χ0) is 20.2. The van der Waals surface area contributed by atoms with Crippen molar-refractivity contribution in [2.24, 2.45) is 5.92 Å². The van der Waals surface area contributed by atoms with E-state index < -0.39 is 0 Å². The van der Waals surface area contributed by atoms with Crippen molar-refractivity contribution in [3.8, 4) is 5.75 Å². The molecule has 2 aliphatic rings. The summed E-state index contributed by atoms with van der Waals surface area (Å²) >= 11 is 0. The Bertz CT molecular complexity index is 834. The van der Waals surface area contributed by atoms with Gasteiger partial charge in [0.2, 0.25) is 5.91 Å². The first-order valence-electron chi connectivity index (χ1n) is 10.6. The van der Waals surface area contributed by atoms with E-state index in [1.807, 2.05) is 6.92 Å². The zero-order valence-corrected chi connectivity index (χ0v) is 17.1. The third-order valence-corrected chi connectivity index (χ3v) is 5.88. The lowest BCUT2D eigenvalue weighted by Gasteiger charge is -2.41. The van der Waals surface area contributed by atoms with Gasteiger partial charge in [-0.25, -0.2) is 0 Å². The Balaban J connectivity index is 1.26. The molecule has 1 aliphatic carbocycles. The van der Waals surface area contributed by atoms with Gasteiger partial charge < -0.3 is 15.0 Å². The van der Waals surface area contributed by atoms with E-state index in [0.717, 1.165) is 36.9 Å². The summed E-state index contributed by atoms with van der Waals surface area (Å²) in [6, 6.07) is 17.2. The van der Waals surface area contributed by atoms with Crippen LogP contribution in [0.1, 0.15) is 49.3 Å². The fourth-order valence-corrected chi connectivity index (χ4v) is 3.72. The van der Waals surface area contributed by atoms with Crippen LogP contribution in [0, 0.1) is 5.92 Å². The average Bonchev–Trinajstić information content (AvgIpc) is 3.51. The van der Waals surface area contributed by atoms with Crippen molar-refractivity contribution in [1.29, 1.82) is 0 Å². The lowest BCUT2D eigenvalue weighted by molar-refractivity contribution is -0.120. The lowest BCUT2D eigenvalue weighted by atomic mass is 9.90. The number of nitrogens with zero attached hydrogens (tertiary/aromatic N) is 1. The first kappa shape index (κ1) is 19.6. The normalized spacial score (nSPS) is 17.3. The van der Waals surface area contributed by atoms with E-state index in [-0.39, 0.29) is 11.9 Å². The summed E-state index contributed by atoms with van der Waals surface area (Å²) in [5.41, 5.74) is 3.75. The summed E-state index contributed by atoms with van der Waals surface area (Å²) < 4.78 is 5.83. The van der Waals surface area contributed by atoms with Gasteiger partial charge in [0.1, 0.15) is 5.75 Å². The van der Waals surface area contributed by atoms with Crippen molar-refractivity contribution in [2.45, 2.75) is 38.1 Å². The number of benzene rings is 2. The van der Waals surface area contributed by atoms with Gasteiger partial charge in [0.15, 0.2) is 0 Å². The zero-order valence-electron chi connectivity index (χ0n) is 17.1. The van der Waals surface area contributed by atoms with Crippen molar-refractivity contribution in [3.63, 3.8) is 0 Å². The number of hydrogen-bond donors (Lipinski definition) is 1. The number of carbonyl (C=O) groups excluding carboxylic acids is 1. The van der Waals surface area contributed by atoms with Crippen LogP contribution in [0.3, 0.4) is 0 Å². The molecule has 1 atom stereocenters. The molecule has 0 unspecified atom stereocenters. The van der Waals surface area contributed by atoms with Gasteiger partial charge >= 0.3 is 0 Å². The third-order valence-electron chi connectivity index (χ3n) is 5.88. The number of carbonyl (C=O) groups is 1. The van der Waals surface area contributed by atoms with Crippen molar-refractivity contribution in [2.75, 3.05) is 24.6 Å². The molecule has 0 radical (unpaired) electrons. The van der Waals surface area contributed by atoms with Crippen LogP contribution in [0.15, 0.2) is 61.2 Å². The molecular formula is C25H30N2O2. The van der Waals surface area contributed by atoms with Gasteiger partial charge in [0.25, 0.3) is 0 Å². The van der Waals surface area contributed by atoms with Gasteiger partial charge in [0, 0.05) is 31.1 Å². The Hall–Kier alpha value is -2.75. The fraction of sp³-hybridized carbons (Fsp3) is 0.400. The van der Waals surface area contributed by atoms with E-state index in [1.165, 1.54) is 24.1 Å². The molecule has 4 heteroatoms.